The predicted octanol–water partition coefficient (Wildman–Crippen LogP) is 1.59. The summed E-state index contributed by atoms with van der Waals surface area (Å²) < 4.78 is 1.81. The lowest BCUT2D eigenvalue weighted by atomic mass is 10.2. The van der Waals surface area contributed by atoms with Crippen molar-refractivity contribution >= 4 is 5.91 Å². The number of aromatic nitrogens is 4. The van der Waals surface area contributed by atoms with E-state index in [0.717, 1.165) is 29.5 Å². The van der Waals surface area contributed by atoms with Crippen LogP contribution >= 0.6 is 0 Å². The van der Waals surface area contributed by atoms with Crippen molar-refractivity contribution in [1.29, 1.82) is 0 Å². The highest BCUT2D eigenvalue weighted by atomic mass is 16.1. The van der Waals surface area contributed by atoms with Crippen LogP contribution in [0.3, 0.4) is 0 Å². The Bertz CT molecular complexity index is 627. The van der Waals surface area contributed by atoms with Crippen LogP contribution in [0.15, 0.2) is 12.3 Å². The molecule has 0 aliphatic rings. The standard InChI is InChI=1S/C15H21N5O/c1-5-20-12(4)13(9-17-20)15(21)16-7-6-14-18-10(2)8-11(3)19-14/h8-9H,5-7H2,1-4H3,(H,16,21). The van der Waals surface area contributed by atoms with E-state index in [1.807, 2.05) is 38.4 Å². The van der Waals surface area contributed by atoms with Gasteiger partial charge < -0.3 is 5.32 Å². The van der Waals surface area contributed by atoms with Crippen LogP contribution in [0.5, 0.6) is 0 Å². The minimum absolute atomic E-state index is 0.100. The molecule has 0 aromatic carbocycles. The average Bonchev–Trinajstić information content (AvgIpc) is 2.78. The summed E-state index contributed by atoms with van der Waals surface area (Å²) in [6.07, 6.45) is 2.23. The van der Waals surface area contributed by atoms with Gasteiger partial charge in [0.05, 0.1) is 11.8 Å². The summed E-state index contributed by atoms with van der Waals surface area (Å²) in [5, 5.41) is 7.07. The largest absolute Gasteiger partial charge is 0.351 e. The fourth-order valence-corrected chi connectivity index (χ4v) is 2.28. The zero-order chi connectivity index (χ0) is 15.4. The zero-order valence-corrected chi connectivity index (χ0v) is 13.0. The molecule has 2 rings (SSSR count). The van der Waals surface area contributed by atoms with Gasteiger partial charge in [0, 0.05) is 36.6 Å². The molecule has 0 spiro atoms. The minimum atomic E-state index is -0.100. The third kappa shape index (κ3) is 3.65. The van der Waals surface area contributed by atoms with Crippen LogP contribution < -0.4 is 5.32 Å². The first-order valence-corrected chi connectivity index (χ1v) is 7.13. The van der Waals surface area contributed by atoms with E-state index in [2.05, 4.69) is 20.4 Å². The molecule has 0 fully saturated rings. The monoisotopic (exact) mass is 287 g/mol. The van der Waals surface area contributed by atoms with E-state index in [4.69, 9.17) is 0 Å². The molecule has 6 heteroatoms. The molecule has 0 bridgehead atoms. The molecule has 0 saturated carbocycles. The Kier molecular flexibility index (Phi) is 4.67. The normalized spacial score (nSPS) is 10.7. The topological polar surface area (TPSA) is 72.7 Å². The van der Waals surface area contributed by atoms with Crippen LogP contribution in [0.4, 0.5) is 0 Å². The van der Waals surface area contributed by atoms with E-state index in [1.165, 1.54) is 0 Å². The van der Waals surface area contributed by atoms with Gasteiger partial charge in [0.2, 0.25) is 0 Å². The number of amides is 1. The Labute approximate surface area is 124 Å². The van der Waals surface area contributed by atoms with E-state index >= 15 is 0 Å². The van der Waals surface area contributed by atoms with Crippen LogP contribution in [0.1, 0.15) is 40.2 Å². The maximum absolute atomic E-state index is 12.1. The second-order valence-corrected chi connectivity index (χ2v) is 5.03. The first-order valence-electron chi connectivity index (χ1n) is 7.13. The maximum Gasteiger partial charge on any atom is 0.254 e. The molecule has 2 aromatic rings. The number of nitrogens with one attached hydrogen (secondary N) is 1. The van der Waals surface area contributed by atoms with Crippen molar-refractivity contribution in [2.45, 2.75) is 40.7 Å². The number of hydrogen-bond acceptors (Lipinski definition) is 4. The molecule has 2 aromatic heterocycles. The van der Waals surface area contributed by atoms with Crippen molar-refractivity contribution in [3.63, 3.8) is 0 Å². The number of nitrogens with zero attached hydrogens (tertiary/aromatic N) is 4. The number of hydrogen-bond donors (Lipinski definition) is 1. The van der Waals surface area contributed by atoms with E-state index < -0.39 is 0 Å². The summed E-state index contributed by atoms with van der Waals surface area (Å²) >= 11 is 0. The summed E-state index contributed by atoms with van der Waals surface area (Å²) in [5.41, 5.74) is 3.41. The molecule has 21 heavy (non-hydrogen) atoms. The molecule has 0 aliphatic carbocycles. The molecular formula is C15H21N5O. The average molecular weight is 287 g/mol. The van der Waals surface area contributed by atoms with E-state index in [0.29, 0.717) is 18.5 Å². The molecule has 1 amide bonds. The second-order valence-electron chi connectivity index (χ2n) is 5.03. The Morgan fingerprint density at radius 3 is 2.48 bits per heavy atom. The summed E-state index contributed by atoms with van der Waals surface area (Å²) in [6.45, 7) is 9.06. The maximum atomic E-state index is 12.1. The van der Waals surface area contributed by atoms with Crippen molar-refractivity contribution in [2.75, 3.05) is 6.54 Å². The summed E-state index contributed by atoms with van der Waals surface area (Å²) in [4.78, 5) is 20.8. The van der Waals surface area contributed by atoms with Crippen LogP contribution in [0.25, 0.3) is 0 Å². The van der Waals surface area contributed by atoms with Gasteiger partial charge in [-0.15, -0.1) is 0 Å². The fourth-order valence-electron chi connectivity index (χ4n) is 2.28. The molecule has 1 N–H and O–H groups in total. The van der Waals surface area contributed by atoms with Crippen LogP contribution in [-0.4, -0.2) is 32.2 Å². The van der Waals surface area contributed by atoms with Crippen LogP contribution in [-0.2, 0) is 13.0 Å². The molecular weight excluding hydrogens is 266 g/mol. The number of rotatable bonds is 5. The predicted molar refractivity (Wildman–Crippen MR) is 80.2 cm³/mol. The first-order chi connectivity index (χ1) is 10.0. The van der Waals surface area contributed by atoms with Gasteiger partial charge in [-0.25, -0.2) is 9.97 Å². The Hall–Kier alpha value is -2.24. The van der Waals surface area contributed by atoms with Gasteiger partial charge in [-0.1, -0.05) is 0 Å². The minimum Gasteiger partial charge on any atom is -0.351 e. The molecule has 0 saturated heterocycles. The molecule has 112 valence electrons. The molecule has 0 aliphatic heterocycles. The smallest absolute Gasteiger partial charge is 0.254 e. The second kappa shape index (κ2) is 6.47. The van der Waals surface area contributed by atoms with E-state index in [1.54, 1.807) is 6.20 Å². The fraction of sp³-hybridized carbons (Fsp3) is 0.467. The Balaban J connectivity index is 1.93. The van der Waals surface area contributed by atoms with E-state index in [9.17, 15) is 4.79 Å². The lowest BCUT2D eigenvalue weighted by molar-refractivity contribution is 0.0953. The summed E-state index contributed by atoms with van der Waals surface area (Å²) in [5.74, 6) is 0.658. The van der Waals surface area contributed by atoms with Gasteiger partial charge in [0.15, 0.2) is 0 Å². The molecule has 0 radical (unpaired) electrons. The summed E-state index contributed by atoms with van der Waals surface area (Å²) in [7, 11) is 0. The van der Waals surface area contributed by atoms with Crippen molar-refractivity contribution in [3.8, 4) is 0 Å². The highest BCUT2D eigenvalue weighted by Gasteiger charge is 2.13. The third-order valence-corrected chi connectivity index (χ3v) is 3.31. The van der Waals surface area contributed by atoms with Crippen LogP contribution in [0, 0.1) is 20.8 Å². The van der Waals surface area contributed by atoms with Gasteiger partial charge in [0.1, 0.15) is 5.82 Å². The number of carbonyl (C=O) groups is 1. The lowest BCUT2D eigenvalue weighted by Gasteiger charge is -2.06. The van der Waals surface area contributed by atoms with Crippen molar-refractivity contribution in [1.82, 2.24) is 25.1 Å². The molecule has 6 nitrogen and oxygen atoms in total. The highest BCUT2D eigenvalue weighted by molar-refractivity contribution is 5.95. The van der Waals surface area contributed by atoms with Gasteiger partial charge in [-0.3, -0.25) is 9.48 Å². The van der Waals surface area contributed by atoms with E-state index in [-0.39, 0.29) is 5.91 Å². The first kappa shape index (κ1) is 15.2. The van der Waals surface area contributed by atoms with Gasteiger partial charge >= 0.3 is 0 Å². The number of aryl methyl sites for hydroxylation is 3. The SMILES string of the molecule is CCn1ncc(C(=O)NCCc2nc(C)cc(C)n2)c1C. The van der Waals surface area contributed by atoms with Crippen LogP contribution in [0.2, 0.25) is 0 Å². The van der Waals surface area contributed by atoms with Gasteiger partial charge in [-0.05, 0) is 33.8 Å². The highest BCUT2D eigenvalue weighted by Crippen LogP contribution is 2.06. The van der Waals surface area contributed by atoms with Crippen molar-refractivity contribution in [2.24, 2.45) is 0 Å². The van der Waals surface area contributed by atoms with Crippen molar-refractivity contribution < 1.29 is 4.79 Å². The number of carbonyl (C=O) groups excluding carboxylic acids is 1. The molecule has 0 atom stereocenters. The molecule has 2 heterocycles. The zero-order valence-electron chi connectivity index (χ0n) is 13.0. The lowest BCUT2D eigenvalue weighted by Crippen LogP contribution is -2.26. The Morgan fingerprint density at radius 1 is 1.24 bits per heavy atom. The van der Waals surface area contributed by atoms with Crippen molar-refractivity contribution in [3.05, 3.63) is 40.7 Å². The quantitative estimate of drug-likeness (QED) is 0.906. The summed E-state index contributed by atoms with van der Waals surface area (Å²) in [6, 6.07) is 1.94. The molecule has 0 unspecified atom stereocenters. The Morgan fingerprint density at radius 2 is 1.90 bits per heavy atom. The third-order valence-electron chi connectivity index (χ3n) is 3.31. The van der Waals surface area contributed by atoms with Gasteiger partial charge in [0.25, 0.3) is 5.91 Å². The van der Waals surface area contributed by atoms with Gasteiger partial charge in [-0.2, -0.15) is 5.10 Å².